The number of nitrogens with zero attached hydrogens (tertiary/aromatic N) is 2. The van der Waals surface area contributed by atoms with E-state index < -0.39 is 60.0 Å². The third kappa shape index (κ3) is 5.45. The molecule has 33 heavy (non-hydrogen) atoms. The lowest BCUT2D eigenvalue weighted by Crippen LogP contribution is -2.42. The zero-order valence-corrected chi connectivity index (χ0v) is 18.3. The number of carbonyl (C=O) groups is 2. The van der Waals surface area contributed by atoms with Gasteiger partial charge in [-0.1, -0.05) is 30.3 Å². The van der Waals surface area contributed by atoms with E-state index in [1.54, 1.807) is 18.2 Å². The summed E-state index contributed by atoms with van der Waals surface area (Å²) in [5.41, 5.74) is -3.10. The molecule has 1 aromatic carbocycles. The zero-order valence-electron chi connectivity index (χ0n) is 18.3. The highest BCUT2D eigenvalue weighted by Gasteiger charge is 2.36. The quantitative estimate of drug-likeness (QED) is 0.370. The van der Waals surface area contributed by atoms with Gasteiger partial charge in [-0.3, -0.25) is 23.9 Å². The van der Waals surface area contributed by atoms with Gasteiger partial charge in [0.1, 0.15) is 17.9 Å². The smallest absolute Gasteiger partial charge is 0.330 e. The van der Waals surface area contributed by atoms with E-state index in [0.29, 0.717) is 0 Å². The molecule has 2 aromatic rings. The molecule has 1 aromatic heterocycles. The van der Waals surface area contributed by atoms with E-state index >= 15 is 0 Å². The van der Waals surface area contributed by atoms with Crippen LogP contribution in [0.4, 0.5) is 0 Å². The Kier molecular flexibility index (Phi) is 7.28. The van der Waals surface area contributed by atoms with Crippen LogP contribution in [-0.2, 0) is 16.1 Å². The molecule has 11 nitrogen and oxygen atoms in total. The van der Waals surface area contributed by atoms with Crippen molar-refractivity contribution in [1.82, 2.24) is 14.5 Å². The molecule has 1 aliphatic heterocycles. The van der Waals surface area contributed by atoms with Crippen molar-refractivity contribution in [1.29, 1.82) is 0 Å². The number of aromatic nitrogens is 2. The molecule has 2 heterocycles. The van der Waals surface area contributed by atoms with Crippen molar-refractivity contribution < 1.29 is 29.6 Å². The lowest BCUT2D eigenvalue weighted by Gasteiger charge is -2.25. The second-order valence-corrected chi connectivity index (χ2v) is 8.33. The molecule has 11 heteroatoms. The van der Waals surface area contributed by atoms with Gasteiger partial charge >= 0.3 is 5.69 Å². The first-order chi connectivity index (χ1) is 15.5. The van der Waals surface area contributed by atoms with Crippen LogP contribution < -0.4 is 11.2 Å². The van der Waals surface area contributed by atoms with Crippen LogP contribution in [-0.4, -0.2) is 72.9 Å². The Balaban J connectivity index is 1.74. The average Bonchev–Trinajstić information content (AvgIpc) is 3.15. The van der Waals surface area contributed by atoms with Crippen molar-refractivity contribution in [3.63, 3.8) is 0 Å². The van der Waals surface area contributed by atoms with E-state index in [-0.39, 0.29) is 24.1 Å². The fourth-order valence-corrected chi connectivity index (χ4v) is 3.66. The van der Waals surface area contributed by atoms with Gasteiger partial charge in [0, 0.05) is 25.2 Å². The highest BCUT2D eigenvalue weighted by atomic mass is 16.5. The summed E-state index contributed by atoms with van der Waals surface area (Å²) in [5, 5.41) is 29.8. The maximum atomic E-state index is 12.7. The van der Waals surface area contributed by atoms with Gasteiger partial charge in [-0.25, -0.2) is 4.79 Å². The lowest BCUT2D eigenvalue weighted by atomic mass is 9.91. The van der Waals surface area contributed by atoms with Crippen molar-refractivity contribution in [2.45, 2.75) is 50.3 Å². The summed E-state index contributed by atoms with van der Waals surface area (Å²) >= 11 is 0. The Labute approximate surface area is 188 Å². The first kappa shape index (κ1) is 24.5. The summed E-state index contributed by atoms with van der Waals surface area (Å²) in [6, 6.07) is 8.10. The fraction of sp³-hybridized carbons (Fsp3) is 0.455. The number of ether oxygens (including phenoxy) is 1. The van der Waals surface area contributed by atoms with Crippen molar-refractivity contribution in [3.8, 4) is 0 Å². The van der Waals surface area contributed by atoms with Crippen molar-refractivity contribution in [2.75, 3.05) is 13.7 Å². The third-order valence-corrected chi connectivity index (χ3v) is 5.59. The monoisotopic (exact) mass is 461 g/mol. The molecule has 1 aliphatic rings. The molecule has 178 valence electrons. The van der Waals surface area contributed by atoms with Crippen LogP contribution in [0.3, 0.4) is 0 Å². The van der Waals surface area contributed by atoms with E-state index in [1.807, 2.05) is 0 Å². The molecule has 0 saturated carbocycles. The van der Waals surface area contributed by atoms with Gasteiger partial charge in [0.25, 0.3) is 5.56 Å². The van der Waals surface area contributed by atoms with Crippen LogP contribution >= 0.6 is 0 Å². The SMILES string of the molecule is CN(Cc1cn([C@H]2C[C@H](O)[C@@H](CO)O2)c(=O)[nH]c1=O)C(=O)CC(C)(O)C(=O)c1ccccc1. The zero-order chi connectivity index (χ0) is 24.3. The average molecular weight is 461 g/mol. The summed E-state index contributed by atoms with van der Waals surface area (Å²) in [6.07, 6.45) is -1.97. The molecule has 1 amide bonds. The van der Waals surface area contributed by atoms with Gasteiger partial charge in [0.05, 0.1) is 31.2 Å². The Hall–Kier alpha value is -3.12. The summed E-state index contributed by atoms with van der Waals surface area (Å²) in [7, 11) is 1.40. The summed E-state index contributed by atoms with van der Waals surface area (Å²) < 4.78 is 6.55. The molecule has 4 atom stereocenters. The molecule has 4 N–H and O–H groups in total. The van der Waals surface area contributed by atoms with Crippen LogP contribution in [0.1, 0.15) is 41.9 Å². The lowest BCUT2D eigenvalue weighted by molar-refractivity contribution is -0.133. The number of hydrogen-bond acceptors (Lipinski definition) is 8. The van der Waals surface area contributed by atoms with Gasteiger partial charge in [-0.05, 0) is 6.92 Å². The maximum absolute atomic E-state index is 12.7. The first-order valence-electron chi connectivity index (χ1n) is 10.4. The van der Waals surface area contributed by atoms with E-state index in [9.17, 15) is 34.5 Å². The normalized spacial score (nSPS) is 22.0. The summed E-state index contributed by atoms with van der Waals surface area (Å²) in [6.45, 7) is 0.617. The topological polar surface area (TPSA) is 162 Å². The number of Topliss-reactive ketones (excluding diaryl/α,β-unsaturated/α-hetero) is 1. The number of rotatable bonds is 8. The van der Waals surface area contributed by atoms with Crippen LogP contribution in [0.2, 0.25) is 0 Å². The van der Waals surface area contributed by atoms with Crippen molar-refractivity contribution >= 4 is 11.7 Å². The van der Waals surface area contributed by atoms with Gasteiger partial charge < -0.3 is 25.0 Å². The number of carbonyl (C=O) groups excluding carboxylic acids is 2. The summed E-state index contributed by atoms with van der Waals surface area (Å²) in [4.78, 5) is 53.1. The molecule has 1 unspecified atom stereocenters. The third-order valence-electron chi connectivity index (χ3n) is 5.59. The predicted molar refractivity (Wildman–Crippen MR) is 115 cm³/mol. The van der Waals surface area contributed by atoms with Gasteiger partial charge in [-0.15, -0.1) is 0 Å². The molecular weight excluding hydrogens is 434 g/mol. The highest BCUT2D eigenvalue weighted by molar-refractivity contribution is 6.04. The van der Waals surface area contributed by atoms with E-state index in [4.69, 9.17) is 4.74 Å². The number of amides is 1. The number of aliphatic hydroxyl groups excluding tert-OH is 2. The highest BCUT2D eigenvalue weighted by Crippen LogP contribution is 2.27. The number of hydrogen-bond donors (Lipinski definition) is 4. The van der Waals surface area contributed by atoms with Crippen molar-refractivity contribution in [3.05, 3.63) is 68.5 Å². The standard InChI is InChI=1S/C22H27N3O8/c1-22(32,19(29)13-6-4-3-5-7-13)9-17(28)24(2)10-14-11-25(21(31)23-20(14)30)18-8-15(27)16(12-26)33-18/h3-7,11,15-16,18,26-27,32H,8-10,12H2,1-2H3,(H,23,30,31)/t15-,16+,18+,22?/m0/s1. The maximum Gasteiger partial charge on any atom is 0.330 e. The van der Waals surface area contributed by atoms with Gasteiger partial charge in [0.15, 0.2) is 5.78 Å². The van der Waals surface area contributed by atoms with E-state index in [1.165, 1.54) is 32.3 Å². The fourth-order valence-electron chi connectivity index (χ4n) is 3.66. The minimum atomic E-state index is -1.95. The number of ketones is 1. The van der Waals surface area contributed by atoms with Gasteiger partial charge in [-0.2, -0.15) is 0 Å². The van der Waals surface area contributed by atoms with E-state index in [0.717, 1.165) is 9.47 Å². The number of aromatic amines is 1. The Morgan fingerprint density at radius 3 is 2.55 bits per heavy atom. The molecule has 3 rings (SSSR count). The Morgan fingerprint density at radius 1 is 1.27 bits per heavy atom. The predicted octanol–water partition coefficient (Wildman–Crippen LogP) is -0.840. The largest absolute Gasteiger partial charge is 0.394 e. The van der Waals surface area contributed by atoms with Crippen LogP contribution in [0.5, 0.6) is 0 Å². The molecule has 0 bridgehead atoms. The van der Waals surface area contributed by atoms with Crippen LogP contribution in [0.15, 0.2) is 46.1 Å². The first-order valence-corrected chi connectivity index (χ1v) is 10.4. The second-order valence-electron chi connectivity index (χ2n) is 8.33. The summed E-state index contributed by atoms with van der Waals surface area (Å²) in [5.74, 6) is -1.19. The van der Waals surface area contributed by atoms with Crippen molar-refractivity contribution in [2.24, 2.45) is 0 Å². The molecule has 1 saturated heterocycles. The number of benzene rings is 1. The molecular formula is C22H27N3O8. The Bertz CT molecular complexity index is 1120. The minimum Gasteiger partial charge on any atom is -0.394 e. The number of H-pyrrole nitrogens is 1. The Morgan fingerprint density at radius 2 is 1.94 bits per heavy atom. The van der Waals surface area contributed by atoms with Gasteiger partial charge in [0.2, 0.25) is 5.91 Å². The van der Waals surface area contributed by atoms with Crippen LogP contribution in [0.25, 0.3) is 0 Å². The minimum absolute atomic E-state index is 0.0376. The molecule has 0 aliphatic carbocycles. The number of nitrogens with one attached hydrogen (secondary N) is 1. The molecule has 1 fully saturated rings. The second kappa shape index (κ2) is 9.79. The number of aliphatic hydroxyl groups is 3. The molecule has 0 spiro atoms. The van der Waals surface area contributed by atoms with Crippen LogP contribution in [0, 0.1) is 0 Å². The molecule has 0 radical (unpaired) electrons. The van der Waals surface area contributed by atoms with E-state index in [2.05, 4.69) is 4.98 Å².